The second-order valence-electron chi connectivity index (χ2n) is 3.78. The van der Waals surface area contributed by atoms with Crippen molar-refractivity contribution in [2.24, 2.45) is 0 Å². The van der Waals surface area contributed by atoms with Crippen LogP contribution in [0.3, 0.4) is 0 Å². The maximum absolute atomic E-state index is 9.11. The SMILES string of the molecule is OCC1CCCCN1CC1CO1. The highest BCUT2D eigenvalue weighted by Gasteiger charge is 2.29. The predicted molar refractivity (Wildman–Crippen MR) is 46.0 cm³/mol. The van der Waals surface area contributed by atoms with Gasteiger partial charge in [-0.15, -0.1) is 0 Å². The summed E-state index contributed by atoms with van der Waals surface area (Å²) in [5.41, 5.74) is 0. The summed E-state index contributed by atoms with van der Waals surface area (Å²) in [6, 6.07) is 0.406. The Morgan fingerprint density at radius 2 is 2.25 bits per heavy atom. The maximum Gasteiger partial charge on any atom is 0.0936 e. The number of ether oxygens (including phenoxy) is 1. The van der Waals surface area contributed by atoms with Crippen molar-refractivity contribution in [1.29, 1.82) is 0 Å². The van der Waals surface area contributed by atoms with E-state index < -0.39 is 0 Å². The zero-order valence-electron chi connectivity index (χ0n) is 7.41. The topological polar surface area (TPSA) is 36.0 Å². The van der Waals surface area contributed by atoms with Crippen LogP contribution in [0.15, 0.2) is 0 Å². The van der Waals surface area contributed by atoms with Gasteiger partial charge in [0.25, 0.3) is 0 Å². The predicted octanol–water partition coefficient (Wildman–Crippen LogP) is 0.232. The summed E-state index contributed by atoms with van der Waals surface area (Å²) in [5.74, 6) is 0. The van der Waals surface area contributed by atoms with Crippen LogP contribution in [0, 0.1) is 0 Å². The fourth-order valence-electron chi connectivity index (χ4n) is 1.94. The molecule has 2 saturated heterocycles. The minimum Gasteiger partial charge on any atom is -0.395 e. The maximum atomic E-state index is 9.11. The first-order valence-corrected chi connectivity index (χ1v) is 4.86. The Kier molecular flexibility index (Phi) is 2.63. The van der Waals surface area contributed by atoms with Crippen LogP contribution in [0.2, 0.25) is 0 Å². The molecular weight excluding hydrogens is 154 g/mol. The highest BCUT2D eigenvalue weighted by Crippen LogP contribution is 2.20. The molecule has 2 fully saturated rings. The summed E-state index contributed by atoms with van der Waals surface area (Å²) < 4.78 is 5.18. The molecule has 2 aliphatic heterocycles. The van der Waals surface area contributed by atoms with Gasteiger partial charge in [0.1, 0.15) is 0 Å². The molecule has 70 valence electrons. The van der Waals surface area contributed by atoms with Gasteiger partial charge in [0, 0.05) is 12.6 Å². The van der Waals surface area contributed by atoms with Crippen LogP contribution >= 0.6 is 0 Å². The molecule has 0 amide bonds. The molecule has 2 unspecified atom stereocenters. The molecular formula is C9H17NO2. The van der Waals surface area contributed by atoms with Crippen LogP contribution < -0.4 is 0 Å². The second-order valence-corrected chi connectivity index (χ2v) is 3.78. The van der Waals surface area contributed by atoms with Crippen LogP contribution in [-0.4, -0.2) is 48.5 Å². The monoisotopic (exact) mass is 171 g/mol. The van der Waals surface area contributed by atoms with Gasteiger partial charge in [-0.25, -0.2) is 0 Å². The molecule has 0 aromatic heterocycles. The Hall–Kier alpha value is -0.120. The van der Waals surface area contributed by atoms with Crippen molar-refractivity contribution in [3.63, 3.8) is 0 Å². The van der Waals surface area contributed by atoms with Gasteiger partial charge in [-0.05, 0) is 19.4 Å². The Morgan fingerprint density at radius 1 is 1.42 bits per heavy atom. The van der Waals surface area contributed by atoms with E-state index in [9.17, 15) is 0 Å². The highest BCUT2D eigenvalue weighted by molar-refractivity contribution is 4.82. The highest BCUT2D eigenvalue weighted by atomic mass is 16.6. The van der Waals surface area contributed by atoms with Gasteiger partial charge in [-0.2, -0.15) is 0 Å². The molecule has 2 rings (SSSR count). The number of likely N-dealkylation sites (tertiary alicyclic amines) is 1. The number of hydrogen-bond donors (Lipinski definition) is 1. The molecule has 12 heavy (non-hydrogen) atoms. The third-order valence-corrected chi connectivity index (χ3v) is 2.80. The average molecular weight is 171 g/mol. The van der Waals surface area contributed by atoms with Gasteiger partial charge in [-0.3, -0.25) is 4.90 Å². The number of epoxide rings is 1. The normalized spacial score (nSPS) is 36.8. The summed E-state index contributed by atoms with van der Waals surface area (Å²) >= 11 is 0. The van der Waals surface area contributed by atoms with Gasteiger partial charge in [0.2, 0.25) is 0 Å². The summed E-state index contributed by atoms with van der Waals surface area (Å²) in [4.78, 5) is 2.38. The van der Waals surface area contributed by atoms with E-state index in [0.29, 0.717) is 18.8 Å². The molecule has 0 aromatic carbocycles. The summed E-state index contributed by atoms with van der Waals surface area (Å²) in [6.07, 6.45) is 4.18. The summed E-state index contributed by atoms with van der Waals surface area (Å²) in [7, 11) is 0. The van der Waals surface area contributed by atoms with Crippen molar-refractivity contribution in [3.8, 4) is 0 Å². The number of hydrogen-bond acceptors (Lipinski definition) is 3. The molecule has 1 N–H and O–H groups in total. The van der Waals surface area contributed by atoms with Gasteiger partial charge < -0.3 is 9.84 Å². The minimum absolute atomic E-state index is 0.312. The lowest BCUT2D eigenvalue weighted by Crippen LogP contribution is -2.43. The average Bonchev–Trinajstić information content (AvgIpc) is 2.89. The molecule has 2 aliphatic rings. The van der Waals surface area contributed by atoms with Gasteiger partial charge in [0.15, 0.2) is 0 Å². The quantitative estimate of drug-likeness (QED) is 0.618. The number of rotatable bonds is 3. The Morgan fingerprint density at radius 3 is 2.92 bits per heavy atom. The first kappa shape index (κ1) is 8.48. The van der Waals surface area contributed by atoms with Crippen molar-refractivity contribution in [2.45, 2.75) is 31.4 Å². The fourth-order valence-corrected chi connectivity index (χ4v) is 1.94. The zero-order chi connectivity index (χ0) is 8.39. The van der Waals surface area contributed by atoms with E-state index in [1.807, 2.05) is 0 Å². The lowest BCUT2D eigenvalue weighted by Gasteiger charge is -2.33. The van der Waals surface area contributed by atoms with Crippen LogP contribution in [0.4, 0.5) is 0 Å². The van der Waals surface area contributed by atoms with Crippen molar-refractivity contribution in [1.82, 2.24) is 4.90 Å². The van der Waals surface area contributed by atoms with E-state index in [1.165, 1.54) is 12.8 Å². The van der Waals surface area contributed by atoms with Crippen molar-refractivity contribution in [3.05, 3.63) is 0 Å². The van der Waals surface area contributed by atoms with Crippen LogP contribution in [0.1, 0.15) is 19.3 Å². The molecule has 2 atom stereocenters. The standard InChI is InChI=1S/C9H17NO2/c11-6-8-3-1-2-4-10(8)5-9-7-12-9/h8-9,11H,1-7H2. The first-order valence-electron chi connectivity index (χ1n) is 4.86. The molecule has 0 aliphatic carbocycles. The fraction of sp³-hybridized carbons (Fsp3) is 1.00. The van der Waals surface area contributed by atoms with Gasteiger partial charge >= 0.3 is 0 Å². The van der Waals surface area contributed by atoms with Crippen LogP contribution in [0.25, 0.3) is 0 Å². The molecule has 0 radical (unpaired) electrons. The smallest absolute Gasteiger partial charge is 0.0936 e. The minimum atomic E-state index is 0.312. The molecule has 0 aromatic rings. The van der Waals surface area contributed by atoms with Gasteiger partial charge in [0.05, 0.1) is 19.3 Å². The number of nitrogens with zero attached hydrogens (tertiary/aromatic N) is 1. The summed E-state index contributed by atoms with van der Waals surface area (Å²) in [6.45, 7) is 3.41. The van der Waals surface area contributed by atoms with E-state index >= 15 is 0 Å². The lowest BCUT2D eigenvalue weighted by molar-refractivity contribution is 0.0837. The van der Waals surface area contributed by atoms with Crippen LogP contribution in [0.5, 0.6) is 0 Å². The van der Waals surface area contributed by atoms with Crippen molar-refractivity contribution < 1.29 is 9.84 Å². The first-order chi connectivity index (χ1) is 5.90. The number of aliphatic hydroxyl groups excluding tert-OH is 1. The Balaban J connectivity index is 1.81. The van der Waals surface area contributed by atoms with Crippen molar-refractivity contribution in [2.75, 3.05) is 26.3 Å². The van der Waals surface area contributed by atoms with E-state index in [4.69, 9.17) is 9.84 Å². The molecule has 0 bridgehead atoms. The van der Waals surface area contributed by atoms with E-state index in [0.717, 1.165) is 26.1 Å². The number of aliphatic hydroxyl groups is 1. The van der Waals surface area contributed by atoms with E-state index in [1.54, 1.807) is 0 Å². The third kappa shape index (κ3) is 1.97. The number of piperidine rings is 1. The van der Waals surface area contributed by atoms with Crippen LogP contribution in [-0.2, 0) is 4.74 Å². The molecule has 3 nitrogen and oxygen atoms in total. The second kappa shape index (κ2) is 3.73. The Bertz CT molecular complexity index is 147. The Labute approximate surface area is 73.3 Å². The van der Waals surface area contributed by atoms with E-state index in [2.05, 4.69) is 4.90 Å². The largest absolute Gasteiger partial charge is 0.395 e. The zero-order valence-corrected chi connectivity index (χ0v) is 7.41. The lowest BCUT2D eigenvalue weighted by atomic mass is 10.0. The molecule has 0 spiro atoms. The molecule has 0 saturated carbocycles. The third-order valence-electron chi connectivity index (χ3n) is 2.80. The summed E-state index contributed by atoms with van der Waals surface area (Å²) in [5, 5.41) is 9.11. The van der Waals surface area contributed by atoms with Gasteiger partial charge in [-0.1, -0.05) is 6.42 Å². The van der Waals surface area contributed by atoms with E-state index in [-0.39, 0.29) is 0 Å². The molecule has 2 heterocycles. The van der Waals surface area contributed by atoms with Crippen molar-refractivity contribution >= 4 is 0 Å². The molecule has 3 heteroatoms.